The maximum absolute atomic E-state index is 13.3. The van der Waals surface area contributed by atoms with Crippen molar-refractivity contribution in [3.8, 4) is 0 Å². The summed E-state index contributed by atoms with van der Waals surface area (Å²) in [6.45, 7) is 10.8. The van der Waals surface area contributed by atoms with Crippen LogP contribution < -0.4 is 10.2 Å². The highest BCUT2D eigenvalue weighted by Gasteiger charge is 2.69. The lowest BCUT2D eigenvalue weighted by Crippen LogP contribution is -2.72. The largest absolute Gasteiger partial charge is 0.369 e. The summed E-state index contributed by atoms with van der Waals surface area (Å²) in [5.74, 6) is 1.38. The molecular formula is C35H52Cl2N4O6. The zero-order chi connectivity index (χ0) is 33.2. The normalized spacial score (nSPS) is 35.2. The Morgan fingerprint density at radius 2 is 1.70 bits per heavy atom. The Labute approximate surface area is 289 Å². The molecule has 6 fully saturated rings. The molecule has 5 saturated heterocycles. The van der Waals surface area contributed by atoms with Gasteiger partial charge >= 0.3 is 0 Å². The molecule has 1 saturated carbocycles. The van der Waals surface area contributed by atoms with E-state index in [9.17, 15) is 9.59 Å². The molecular weight excluding hydrogens is 643 g/mol. The van der Waals surface area contributed by atoms with Gasteiger partial charge in [-0.05, 0) is 68.6 Å². The number of halogens is 2. The second-order valence-corrected chi connectivity index (χ2v) is 15.2. The van der Waals surface area contributed by atoms with Gasteiger partial charge in [-0.25, -0.2) is 9.78 Å². The van der Waals surface area contributed by atoms with Gasteiger partial charge in [0.05, 0.1) is 6.54 Å². The first-order valence-corrected chi connectivity index (χ1v) is 18.7. The lowest BCUT2D eigenvalue weighted by molar-refractivity contribution is -0.571. The van der Waals surface area contributed by atoms with Crippen LogP contribution in [0.1, 0.15) is 64.9 Å². The van der Waals surface area contributed by atoms with Gasteiger partial charge in [0.25, 0.3) is 0 Å². The third-order valence-corrected chi connectivity index (χ3v) is 11.8. The van der Waals surface area contributed by atoms with Crippen molar-refractivity contribution in [1.29, 1.82) is 0 Å². The van der Waals surface area contributed by atoms with Crippen molar-refractivity contribution in [3.63, 3.8) is 0 Å². The molecule has 5 aliphatic heterocycles. The van der Waals surface area contributed by atoms with Crippen LogP contribution in [0.2, 0.25) is 0 Å². The average Bonchev–Trinajstić information content (AvgIpc) is 3.29. The van der Waals surface area contributed by atoms with Crippen molar-refractivity contribution in [2.75, 3.05) is 62.5 Å². The van der Waals surface area contributed by atoms with Crippen molar-refractivity contribution in [2.24, 2.45) is 23.7 Å². The molecule has 1 spiro atoms. The van der Waals surface area contributed by atoms with E-state index in [1.807, 2.05) is 11.8 Å². The molecule has 2 amide bonds. The zero-order valence-electron chi connectivity index (χ0n) is 28.1. The van der Waals surface area contributed by atoms with Crippen molar-refractivity contribution in [1.82, 2.24) is 15.1 Å². The fourth-order valence-corrected chi connectivity index (χ4v) is 9.09. The molecule has 47 heavy (non-hydrogen) atoms. The number of carbonyl (C=O) groups is 2. The second-order valence-electron chi connectivity index (χ2n) is 14.4. The first kappa shape index (κ1) is 35.2. The van der Waals surface area contributed by atoms with Crippen LogP contribution in [0.3, 0.4) is 0 Å². The molecule has 0 radical (unpaired) electrons. The predicted octanol–water partition coefficient (Wildman–Crippen LogP) is 4.76. The minimum Gasteiger partial charge on any atom is -0.369 e. The lowest BCUT2D eigenvalue weighted by Gasteiger charge is -2.60. The van der Waals surface area contributed by atoms with Crippen molar-refractivity contribution in [2.45, 2.75) is 89.6 Å². The molecule has 1 aromatic carbocycles. The fraction of sp³-hybridized carbons (Fsp3) is 0.771. The molecule has 8 atom stereocenters. The Kier molecular flexibility index (Phi) is 11.3. The van der Waals surface area contributed by atoms with Gasteiger partial charge in [-0.1, -0.05) is 26.0 Å². The van der Waals surface area contributed by atoms with Gasteiger partial charge in [0.1, 0.15) is 6.23 Å². The van der Waals surface area contributed by atoms with Crippen molar-refractivity contribution < 1.29 is 28.8 Å². The van der Waals surface area contributed by atoms with E-state index in [0.29, 0.717) is 56.2 Å². The Bertz CT molecular complexity index is 1230. The number of alkyl halides is 2. The van der Waals surface area contributed by atoms with Gasteiger partial charge in [0, 0.05) is 81.4 Å². The summed E-state index contributed by atoms with van der Waals surface area (Å²) < 4.78 is 13.0. The molecule has 6 aliphatic rings. The Morgan fingerprint density at radius 1 is 0.979 bits per heavy atom. The Morgan fingerprint density at radius 3 is 2.40 bits per heavy atom. The molecule has 0 aromatic heterocycles. The van der Waals surface area contributed by atoms with Crippen molar-refractivity contribution in [3.05, 3.63) is 29.8 Å². The summed E-state index contributed by atoms with van der Waals surface area (Å²) in [7, 11) is 0. The summed E-state index contributed by atoms with van der Waals surface area (Å²) in [5.41, 5.74) is 1.69. The van der Waals surface area contributed by atoms with E-state index in [2.05, 4.69) is 53.2 Å². The van der Waals surface area contributed by atoms with Gasteiger partial charge in [0.2, 0.25) is 17.6 Å². The van der Waals surface area contributed by atoms with Gasteiger partial charge in [-0.15, -0.1) is 23.2 Å². The number of aryl methyl sites for hydroxylation is 1. The monoisotopic (exact) mass is 694 g/mol. The molecule has 262 valence electrons. The molecule has 1 aromatic rings. The van der Waals surface area contributed by atoms with E-state index >= 15 is 0 Å². The third kappa shape index (κ3) is 7.44. The lowest BCUT2D eigenvalue weighted by atomic mass is 9.58. The Hall–Kier alpha value is -1.66. The number of hydrogen-bond donors (Lipinski definition) is 1. The van der Waals surface area contributed by atoms with E-state index < -0.39 is 23.9 Å². The van der Waals surface area contributed by atoms with E-state index in [4.69, 9.17) is 42.5 Å². The number of rotatable bonds is 12. The van der Waals surface area contributed by atoms with E-state index in [1.165, 1.54) is 5.56 Å². The molecule has 12 heteroatoms. The van der Waals surface area contributed by atoms with Gasteiger partial charge in [0.15, 0.2) is 11.9 Å². The molecule has 7 rings (SSSR count). The quantitative estimate of drug-likeness (QED) is 0.247. The van der Waals surface area contributed by atoms with Crippen LogP contribution in [0.5, 0.6) is 0 Å². The van der Waals surface area contributed by atoms with E-state index in [0.717, 1.165) is 57.3 Å². The molecule has 3 unspecified atom stereocenters. The van der Waals surface area contributed by atoms with Gasteiger partial charge in [-0.2, -0.15) is 0 Å². The number of ether oxygens (including phenoxy) is 2. The molecule has 2 bridgehead atoms. The Balaban J connectivity index is 0.940. The first-order chi connectivity index (χ1) is 22.7. The number of hydrogen-bond acceptors (Lipinski definition) is 8. The topological polar surface area (TPSA) is 92.8 Å². The van der Waals surface area contributed by atoms with E-state index in [1.54, 1.807) is 0 Å². The van der Waals surface area contributed by atoms with Crippen LogP contribution >= 0.6 is 23.2 Å². The van der Waals surface area contributed by atoms with Gasteiger partial charge in [-0.3, -0.25) is 14.5 Å². The maximum atomic E-state index is 13.3. The minimum atomic E-state index is -0.841. The number of carbonyl (C=O) groups excluding carboxylic acids is 2. The summed E-state index contributed by atoms with van der Waals surface area (Å²) in [6, 6.07) is 8.46. The second kappa shape index (κ2) is 15.1. The maximum Gasteiger partial charge on any atom is 0.236 e. The van der Waals surface area contributed by atoms with Crippen LogP contribution in [0.25, 0.3) is 0 Å². The summed E-state index contributed by atoms with van der Waals surface area (Å²) in [4.78, 5) is 44.6. The van der Waals surface area contributed by atoms with Crippen LogP contribution in [-0.4, -0.2) is 103 Å². The fourth-order valence-electron chi connectivity index (χ4n) is 8.68. The summed E-state index contributed by atoms with van der Waals surface area (Å²) >= 11 is 11.9. The number of amides is 2. The van der Waals surface area contributed by atoms with Crippen molar-refractivity contribution >= 4 is 40.7 Å². The molecule has 1 N–H and O–H groups in total. The number of piperazine rings is 1. The van der Waals surface area contributed by atoms with Crippen LogP contribution in [0.4, 0.5) is 5.69 Å². The standard InChI is InChI=1S/C35H52Cl2N4O6/c1-24-7-12-29-25(2)32(44-33-35(29)28(24)13-14-34(3,45-33)46-47-35)38-30(42)23-39-19-21-41(22-20-39)31(43)6-4-5-26-8-10-27(11-9-26)40(17-15-36)18-16-37/h8-11,24-25,28-29,32-33H,4-7,12-23H2,1-3H3,(H,38,42)/t24-,25-,28?,29+,32+,33-,34?,35?/m1/s1. The number of nitrogens with zero attached hydrogens (tertiary/aromatic N) is 3. The highest BCUT2D eigenvalue weighted by Crippen LogP contribution is 2.60. The molecule has 10 nitrogen and oxygen atoms in total. The highest BCUT2D eigenvalue weighted by molar-refractivity contribution is 6.18. The minimum absolute atomic E-state index is 0.0498. The smallest absolute Gasteiger partial charge is 0.236 e. The van der Waals surface area contributed by atoms with Crippen LogP contribution in [0, 0.1) is 23.7 Å². The summed E-state index contributed by atoms with van der Waals surface area (Å²) in [6.07, 6.45) is 4.97. The number of nitrogens with one attached hydrogen (secondary N) is 1. The number of anilines is 1. The number of benzene rings is 1. The van der Waals surface area contributed by atoms with Crippen LogP contribution in [-0.2, 0) is 35.3 Å². The predicted molar refractivity (Wildman–Crippen MR) is 181 cm³/mol. The van der Waals surface area contributed by atoms with E-state index in [-0.39, 0.29) is 30.2 Å². The zero-order valence-corrected chi connectivity index (χ0v) is 29.6. The molecule has 5 heterocycles. The summed E-state index contributed by atoms with van der Waals surface area (Å²) in [5, 5.41) is 3.18. The average molecular weight is 696 g/mol. The highest BCUT2D eigenvalue weighted by atomic mass is 35.5. The van der Waals surface area contributed by atoms with Crippen LogP contribution in [0.15, 0.2) is 24.3 Å². The number of fused-ring (bicyclic) bond motifs is 2. The molecule has 1 aliphatic carbocycles. The third-order valence-electron chi connectivity index (χ3n) is 11.4. The van der Waals surface area contributed by atoms with Gasteiger partial charge < -0.3 is 24.6 Å². The SMILES string of the molecule is C[C@H]1[C@@H](NC(=O)CN2CCN(C(=O)CCCc3ccc(N(CCCl)CCCl)cc3)CC2)O[C@@H]2OC3(C)CCC4[C@H](C)CC[C@@H]1C42OO3. The first-order valence-electron chi connectivity index (χ1n) is 17.6.